The Balaban J connectivity index is 2.15. The summed E-state index contributed by atoms with van der Waals surface area (Å²) >= 11 is 0. The van der Waals surface area contributed by atoms with E-state index in [0.29, 0.717) is 6.54 Å². The normalized spacial score (nSPS) is 23.4. The molecular formula is C12H15NO3. The molecule has 1 aliphatic heterocycles. The minimum Gasteiger partial charge on any atom is -0.497 e. The number of carbonyl (C=O) groups excluding carboxylic acids is 1. The first kappa shape index (κ1) is 11.0. The second-order valence-electron chi connectivity index (χ2n) is 3.79. The van der Waals surface area contributed by atoms with Gasteiger partial charge in [-0.2, -0.15) is 0 Å². The van der Waals surface area contributed by atoms with Crippen molar-refractivity contribution in [2.75, 3.05) is 20.8 Å². The van der Waals surface area contributed by atoms with Gasteiger partial charge in [0.25, 0.3) is 0 Å². The van der Waals surface area contributed by atoms with Crippen molar-refractivity contribution in [2.45, 2.75) is 6.04 Å². The molecule has 1 fully saturated rings. The van der Waals surface area contributed by atoms with Crippen molar-refractivity contribution in [3.05, 3.63) is 29.8 Å². The molecule has 4 nitrogen and oxygen atoms in total. The van der Waals surface area contributed by atoms with Gasteiger partial charge in [-0.1, -0.05) is 12.1 Å². The molecule has 1 saturated heterocycles. The van der Waals surface area contributed by atoms with Crippen LogP contribution in [0.15, 0.2) is 24.3 Å². The summed E-state index contributed by atoms with van der Waals surface area (Å²) < 4.78 is 9.90. The van der Waals surface area contributed by atoms with Crippen molar-refractivity contribution < 1.29 is 14.3 Å². The molecule has 2 unspecified atom stereocenters. The highest BCUT2D eigenvalue weighted by atomic mass is 16.5. The van der Waals surface area contributed by atoms with Crippen LogP contribution in [0.4, 0.5) is 0 Å². The second kappa shape index (κ2) is 4.53. The van der Waals surface area contributed by atoms with Crippen LogP contribution in [0.5, 0.6) is 5.75 Å². The zero-order valence-corrected chi connectivity index (χ0v) is 9.40. The van der Waals surface area contributed by atoms with Crippen LogP contribution in [0, 0.1) is 5.92 Å². The average molecular weight is 221 g/mol. The molecule has 2 rings (SSSR count). The van der Waals surface area contributed by atoms with Gasteiger partial charge in [0.15, 0.2) is 0 Å². The lowest BCUT2D eigenvalue weighted by Crippen LogP contribution is -2.50. The standard InChI is InChI=1S/C12H15NO3/c1-15-9-5-3-4-8(6-9)11-10(7-13-11)12(14)16-2/h3-6,10-11,13H,7H2,1-2H3. The number of esters is 1. The van der Waals surface area contributed by atoms with E-state index in [1.165, 1.54) is 7.11 Å². The summed E-state index contributed by atoms with van der Waals surface area (Å²) in [5, 5.41) is 3.22. The summed E-state index contributed by atoms with van der Waals surface area (Å²) in [7, 11) is 3.05. The number of carbonyl (C=O) groups is 1. The number of benzene rings is 1. The predicted molar refractivity (Wildman–Crippen MR) is 59.2 cm³/mol. The summed E-state index contributed by atoms with van der Waals surface area (Å²) in [5.41, 5.74) is 1.06. The molecule has 2 atom stereocenters. The molecule has 1 aromatic carbocycles. The first-order chi connectivity index (χ1) is 7.76. The lowest BCUT2D eigenvalue weighted by molar-refractivity contribution is -0.149. The minimum absolute atomic E-state index is 0.0440. The Kier molecular flexibility index (Phi) is 3.10. The van der Waals surface area contributed by atoms with Gasteiger partial charge in [-0.05, 0) is 17.7 Å². The van der Waals surface area contributed by atoms with Crippen LogP contribution in [0.2, 0.25) is 0 Å². The molecule has 0 amide bonds. The van der Waals surface area contributed by atoms with Crippen molar-refractivity contribution in [1.29, 1.82) is 0 Å². The van der Waals surface area contributed by atoms with Crippen LogP contribution >= 0.6 is 0 Å². The van der Waals surface area contributed by atoms with E-state index < -0.39 is 0 Å². The van der Waals surface area contributed by atoms with Gasteiger partial charge in [0.2, 0.25) is 0 Å². The van der Waals surface area contributed by atoms with Gasteiger partial charge in [-0.15, -0.1) is 0 Å². The second-order valence-corrected chi connectivity index (χ2v) is 3.79. The van der Waals surface area contributed by atoms with Gasteiger partial charge in [0.05, 0.1) is 20.1 Å². The zero-order valence-electron chi connectivity index (χ0n) is 9.40. The van der Waals surface area contributed by atoms with Crippen molar-refractivity contribution in [2.24, 2.45) is 5.92 Å². The number of ether oxygens (including phenoxy) is 2. The zero-order chi connectivity index (χ0) is 11.5. The van der Waals surface area contributed by atoms with Crippen molar-refractivity contribution in [3.63, 3.8) is 0 Å². The van der Waals surface area contributed by atoms with Gasteiger partial charge in [0, 0.05) is 12.6 Å². The lowest BCUT2D eigenvalue weighted by atomic mass is 9.86. The van der Waals surface area contributed by atoms with Crippen LogP contribution in [-0.2, 0) is 9.53 Å². The van der Waals surface area contributed by atoms with Gasteiger partial charge in [-0.25, -0.2) is 0 Å². The largest absolute Gasteiger partial charge is 0.497 e. The molecular weight excluding hydrogens is 206 g/mol. The molecule has 0 spiro atoms. The highest BCUT2D eigenvalue weighted by molar-refractivity contribution is 5.75. The summed E-state index contributed by atoms with van der Waals surface area (Å²) in [6, 6.07) is 7.77. The molecule has 0 aliphatic carbocycles. The number of nitrogens with one attached hydrogen (secondary N) is 1. The summed E-state index contributed by atoms with van der Waals surface area (Å²) in [5.74, 6) is 0.554. The highest BCUT2D eigenvalue weighted by Gasteiger charge is 2.38. The first-order valence-electron chi connectivity index (χ1n) is 5.21. The van der Waals surface area contributed by atoms with Crippen LogP contribution in [0.1, 0.15) is 11.6 Å². The Morgan fingerprint density at radius 2 is 2.25 bits per heavy atom. The van der Waals surface area contributed by atoms with Gasteiger partial charge >= 0.3 is 5.97 Å². The fourth-order valence-corrected chi connectivity index (χ4v) is 1.91. The summed E-state index contributed by atoms with van der Waals surface area (Å²) in [6.45, 7) is 0.675. The van der Waals surface area contributed by atoms with E-state index in [2.05, 4.69) is 5.32 Å². The van der Waals surface area contributed by atoms with E-state index in [0.717, 1.165) is 11.3 Å². The molecule has 1 N–H and O–H groups in total. The molecule has 0 aromatic heterocycles. The first-order valence-corrected chi connectivity index (χ1v) is 5.21. The van der Waals surface area contributed by atoms with E-state index >= 15 is 0 Å². The molecule has 0 bridgehead atoms. The van der Waals surface area contributed by atoms with Gasteiger partial charge in [0.1, 0.15) is 5.75 Å². The molecule has 4 heteroatoms. The smallest absolute Gasteiger partial charge is 0.311 e. The number of rotatable bonds is 3. The third-order valence-electron chi connectivity index (χ3n) is 2.92. The molecule has 1 heterocycles. The number of hydrogen-bond acceptors (Lipinski definition) is 4. The SMILES string of the molecule is COC(=O)C1CNC1c1cccc(OC)c1. The van der Waals surface area contributed by atoms with Crippen molar-refractivity contribution in [3.8, 4) is 5.75 Å². The van der Waals surface area contributed by atoms with E-state index in [1.54, 1.807) is 7.11 Å². The Labute approximate surface area is 94.6 Å². The van der Waals surface area contributed by atoms with Crippen LogP contribution in [0.25, 0.3) is 0 Å². The van der Waals surface area contributed by atoms with Crippen LogP contribution in [-0.4, -0.2) is 26.7 Å². The maximum absolute atomic E-state index is 11.4. The maximum atomic E-state index is 11.4. The maximum Gasteiger partial charge on any atom is 0.311 e. The third-order valence-corrected chi connectivity index (χ3v) is 2.92. The molecule has 16 heavy (non-hydrogen) atoms. The Bertz CT molecular complexity index is 392. The van der Waals surface area contributed by atoms with E-state index in [4.69, 9.17) is 9.47 Å². The van der Waals surface area contributed by atoms with Crippen LogP contribution < -0.4 is 10.1 Å². The average Bonchev–Trinajstić information content (AvgIpc) is 2.27. The molecule has 1 aliphatic rings. The number of hydrogen-bond donors (Lipinski definition) is 1. The van der Waals surface area contributed by atoms with E-state index in [-0.39, 0.29) is 17.9 Å². The summed E-state index contributed by atoms with van der Waals surface area (Å²) in [4.78, 5) is 11.4. The third kappa shape index (κ3) is 1.88. The fraction of sp³-hybridized carbons (Fsp3) is 0.417. The molecule has 1 aromatic rings. The van der Waals surface area contributed by atoms with Gasteiger partial charge in [-0.3, -0.25) is 4.79 Å². The summed E-state index contributed by atoms with van der Waals surface area (Å²) in [6.07, 6.45) is 0. The lowest BCUT2D eigenvalue weighted by Gasteiger charge is -2.36. The Morgan fingerprint density at radius 3 is 2.81 bits per heavy atom. The van der Waals surface area contributed by atoms with Gasteiger partial charge < -0.3 is 14.8 Å². The molecule has 0 saturated carbocycles. The minimum atomic E-state index is -0.161. The molecule has 0 radical (unpaired) electrons. The topological polar surface area (TPSA) is 47.6 Å². The predicted octanol–water partition coefficient (Wildman–Crippen LogP) is 1.13. The van der Waals surface area contributed by atoms with Crippen LogP contribution in [0.3, 0.4) is 0 Å². The quantitative estimate of drug-likeness (QED) is 0.777. The number of methoxy groups -OCH3 is 2. The van der Waals surface area contributed by atoms with E-state index in [1.807, 2.05) is 24.3 Å². The van der Waals surface area contributed by atoms with Crippen molar-refractivity contribution >= 4 is 5.97 Å². The monoisotopic (exact) mass is 221 g/mol. The van der Waals surface area contributed by atoms with Crippen molar-refractivity contribution in [1.82, 2.24) is 5.32 Å². The Morgan fingerprint density at radius 1 is 1.44 bits per heavy atom. The highest BCUT2D eigenvalue weighted by Crippen LogP contribution is 2.31. The van der Waals surface area contributed by atoms with E-state index in [9.17, 15) is 4.79 Å². The Hall–Kier alpha value is -1.55. The fourth-order valence-electron chi connectivity index (χ4n) is 1.91. The molecule has 86 valence electrons.